The van der Waals surface area contributed by atoms with E-state index < -0.39 is 5.82 Å². The molecule has 1 aliphatic rings. The van der Waals surface area contributed by atoms with Gasteiger partial charge in [0.25, 0.3) is 5.91 Å². The zero-order chi connectivity index (χ0) is 11.7. The zero-order valence-corrected chi connectivity index (χ0v) is 9.25. The lowest BCUT2D eigenvalue weighted by Gasteiger charge is -2.38. The minimum Gasteiger partial charge on any atom is -0.396 e. The van der Waals surface area contributed by atoms with Gasteiger partial charge in [0.05, 0.1) is 10.6 Å². The summed E-state index contributed by atoms with van der Waals surface area (Å²) in [4.78, 5) is 13.4. The topological polar surface area (TPSA) is 40.5 Å². The third kappa shape index (κ3) is 2.03. The molecule has 0 aliphatic carbocycles. The lowest BCUT2D eigenvalue weighted by molar-refractivity contribution is 0.0362. The second kappa shape index (κ2) is 4.39. The molecule has 1 heterocycles. The van der Waals surface area contributed by atoms with Crippen molar-refractivity contribution in [2.45, 2.75) is 0 Å². The van der Waals surface area contributed by atoms with Crippen LogP contribution in [0.1, 0.15) is 10.4 Å². The number of halogens is 2. The van der Waals surface area contributed by atoms with Crippen molar-refractivity contribution in [2.24, 2.45) is 5.92 Å². The van der Waals surface area contributed by atoms with Gasteiger partial charge in [-0.1, -0.05) is 11.6 Å². The Balaban J connectivity index is 2.10. The van der Waals surface area contributed by atoms with Gasteiger partial charge in [-0.05, 0) is 18.2 Å². The number of carbonyl (C=O) groups is 1. The summed E-state index contributed by atoms with van der Waals surface area (Å²) < 4.78 is 12.8. The normalized spacial score (nSPS) is 16.1. The van der Waals surface area contributed by atoms with Crippen LogP contribution in [0.15, 0.2) is 18.2 Å². The summed E-state index contributed by atoms with van der Waals surface area (Å²) in [5.74, 6) is -0.517. The van der Waals surface area contributed by atoms with Gasteiger partial charge in [0.1, 0.15) is 5.82 Å². The predicted molar refractivity (Wildman–Crippen MR) is 57.9 cm³/mol. The molecule has 16 heavy (non-hydrogen) atoms. The lowest BCUT2D eigenvalue weighted by Crippen LogP contribution is -2.51. The molecule has 1 N–H and O–H groups in total. The Bertz CT molecular complexity index is 418. The van der Waals surface area contributed by atoms with Crippen molar-refractivity contribution in [1.29, 1.82) is 0 Å². The molecule has 0 unspecified atom stereocenters. The van der Waals surface area contributed by atoms with Crippen molar-refractivity contribution < 1.29 is 14.3 Å². The van der Waals surface area contributed by atoms with Crippen LogP contribution in [-0.4, -0.2) is 35.6 Å². The van der Waals surface area contributed by atoms with Crippen molar-refractivity contribution in [3.8, 4) is 0 Å². The molecule has 1 aliphatic heterocycles. The first kappa shape index (κ1) is 11.4. The molecule has 1 aromatic carbocycles. The van der Waals surface area contributed by atoms with Crippen LogP contribution in [0.3, 0.4) is 0 Å². The van der Waals surface area contributed by atoms with Gasteiger partial charge in [-0.3, -0.25) is 4.79 Å². The Hall–Kier alpha value is -1.13. The second-order valence-corrected chi connectivity index (χ2v) is 4.29. The molecule has 5 heteroatoms. The summed E-state index contributed by atoms with van der Waals surface area (Å²) in [6.07, 6.45) is 0. The van der Waals surface area contributed by atoms with Crippen LogP contribution < -0.4 is 0 Å². The maximum absolute atomic E-state index is 12.8. The van der Waals surface area contributed by atoms with E-state index >= 15 is 0 Å². The fourth-order valence-corrected chi connectivity index (χ4v) is 1.93. The second-order valence-electron chi connectivity index (χ2n) is 3.88. The number of benzene rings is 1. The molecule has 1 fully saturated rings. The predicted octanol–water partition coefficient (Wildman–Crippen LogP) is 1.54. The van der Waals surface area contributed by atoms with E-state index in [9.17, 15) is 9.18 Å². The standard InChI is InChI=1S/C11H11ClFNO2/c12-10-3-8(13)1-2-9(10)11(16)14-4-7(5-14)6-15/h1-3,7,15H,4-6H2. The van der Waals surface area contributed by atoms with Gasteiger partial charge in [0, 0.05) is 25.6 Å². The van der Waals surface area contributed by atoms with Crippen molar-refractivity contribution in [2.75, 3.05) is 19.7 Å². The molecule has 1 amide bonds. The first-order valence-corrected chi connectivity index (χ1v) is 5.35. The summed E-state index contributed by atoms with van der Waals surface area (Å²) in [5, 5.41) is 8.96. The number of nitrogens with zero attached hydrogens (tertiary/aromatic N) is 1. The highest BCUT2D eigenvalue weighted by Crippen LogP contribution is 2.23. The van der Waals surface area contributed by atoms with E-state index in [0.717, 1.165) is 6.07 Å². The van der Waals surface area contributed by atoms with Gasteiger partial charge < -0.3 is 10.0 Å². The van der Waals surface area contributed by atoms with Crippen molar-refractivity contribution in [3.05, 3.63) is 34.6 Å². The molecule has 86 valence electrons. The number of hydrogen-bond acceptors (Lipinski definition) is 2. The molecule has 0 bridgehead atoms. The van der Waals surface area contributed by atoms with E-state index in [4.69, 9.17) is 16.7 Å². The van der Waals surface area contributed by atoms with Gasteiger partial charge in [-0.25, -0.2) is 4.39 Å². The Morgan fingerprint density at radius 2 is 2.25 bits per heavy atom. The molecule has 1 aromatic rings. The summed E-state index contributed by atoms with van der Waals surface area (Å²) in [5.41, 5.74) is 0.305. The number of amides is 1. The average molecular weight is 244 g/mol. The molecule has 0 spiro atoms. The van der Waals surface area contributed by atoms with E-state index in [1.807, 2.05) is 0 Å². The summed E-state index contributed by atoms with van der Waals surface area (Å²) in [6, 6.07) is 3.72. The van der Waals surface area contributed by atoms with E-state index in [-0.39, 0.29) is 23.5 Å². The van der Waals surface area contributed by atoms with Crippen molar-refractivity contribution in [3.63, 3.8) is 0 Å². The molecule has 0 atom stereocenters. The molecule has 3 nitrogen and oxygen atoms in total. The Kier molecular flexibility index (Phi) is 3.12. The maximum atomic E-state index is 12.8. The zero-order valence-electron chi connectivity index (χ0n) is 8.49. The van der Waals surface area contributed by atoms with Crippen LogP contribution in [0.5, 0.6) is 0 Å². The average Bonchev–Trinajstić information content (AvgIpc) is 2.15. The van der Waals surface area contributed by atoms with Crippen LogP contribution in [-0.2, 0) is 0 Å². The number of likely N-dealkylation sites (tertiary alicyclic amines) is 1. The van der Waals surface area contributed by atoms with Crippen LogP contribution in [0.25, 0.3) is 0 Å². The molecular weight excluding hydrogens is 233 g/mol. The quantitative estimate of drug-likeness (QED) is 0.856. The Morgan fingerprint density at radius 1 is 1.56 bits per heavy atom. The SMILES string of the molecule is O=C(c1ccc(F)cc1Cl)N1CC(CO)C1. The highest BCUT2D eigenvalue weighted by atomic mass is 35.5. The van der Waals surface area contributed by atoms with Gasteiger partial charge in [-0.2, -0.15) is 0 Å². The highest BCUT2D eigenvalue weighted by molar-refractivity contribution is 6.33. The van der Waals surface area contributed by atoms with Gasteiger partial charge in [-0.15, -0.1) is 0 Å². The van der Waals surface area contributed by atoms with Crippen LogP contribution in [0, 0.1) is 11.7 Å². The van der Waals surface area contributed by atoms with Crippen molar-refractivity contribution in [1.82, 2.24) is 4.90 Å². The number of carbonyl (C=O) groups excluding carboxylic acids is 1. The fraction of sp³-hybridized carbons (Fsp3) is 0.364. The van der Waals surface area contributed by atoms with Crippen LogP contribution >= 0.6 is 11.6 Å². The number of aliphatic hydroxyl groups excluding tert-OH is 1. The third-order valence-corrected chi connectivity index (χ3v) is 2.98. The number of aliphatic hydroxyl groups is 1. The fourth-order valence-electron chi connectivity index (χ4n) is 1.68. The van der Waals surface area contributed by atoms with Crippen LogP contribution in [0.2, 0.25) is 5.02 Å². The number of rotatable bonds is 2. The largest absolute Gasteiger partial charge is 0.396 e. The first-order valence-electron chi connectivity index (χ1n) is 4.97. The van der Waals surface area contributed by atoms with E-state index in [0.29, 0.717) is 18.7 Å². The molecular formula is C11H11ClFNO2. The molecule has 1 saturated heterocycles. The molecule has 0 aromatic heterocycles. The minimum atomic E-state index is -0.460. The lowest BCUT2D eigenvalue weighted by atomic mass is 10.00. The van der Waals surface area contributed by atoms with E-state index in [1.165, 1.54) is 12.1 Å². The summed E-state index contributed by atoms with van der Waals surface area (Å²) in [6.45, 7) is 1.15. The molecule has 0 saturated carbocycles. The van der Waals surface area contributed by atoms with Crippen molar-refractivity contribution >= 4 is 17.5 Å². The molecule has 2 rings (SSSR count). The molecule has 0 radical (unpaired) electrons. The Labute approximate surface area is 97.4 Å². The number of hydrogen-bond donors (Lipinski definition) is 1. The third-order valence-electron chi connectivity index (χ3n) is 2.66. The van der Waals surface area contributed by atoms with E-state index in [1.54, 1.807) is 4.90 Å². The minimum absolute atomic E-state index is 0.0843. The van der Waals surface area contributed by atoms with Gasteiger partial charge in [0.2, 0.25) is 0 Å². The van der Waals surface area contributed by atoms with Gasteiger partial charge >= 0.3 is 0 Å². The highest BCUT2D eigenvalue weighted by Gasteiger charge is 2.31. The smallest absolute Gasteiger partial charge is 0.255 e. The van der Waals surface area contributed by atoms with Gasteiger partial charge in [0.15, 0.2) is 0 Å². The summed E-state index contributed by atoms with van der Waals surface area (Å²) in [7, 11) is 0. The van der Waals surface area contributed by atoms with Crippen LogP contribution in [0.4, 0.5) is 4.39 Å². The summed E-state index contributed by atoms with van der Waals surface area (Å²) >= 11 is 5.78. The first-order chi connectivity index (χ1) is 7.61. The Morgan fingerprint density at radius 3 is 2.81 bits per heavy atom. The maximum Gasteiger partial charge on any atom is 0.255 e. The monoisotopic (exact) mass is 243 g/mol. The van der Waals surface area contributed by atoms with E-state index in [2.05, 4.69) is 0 Å².